The van der Waals surface area contributed by atoms with Crippen LogP contribution in [0.4, 0.5) is 4.79 Å². The molecule has 3 atom stereocenters. The molecule has 1 saturated heterocycles. The van der Waals surface area contributed by atoms with Gasteiger partial charge in [-0.05, 0) is 43.6 Å². The molecule has 8 nitrogen and oxygen atoms in total. The lowest BCUT2D eigenvalue weighted by Crippen LogP contribution is -2.53. The van der Waals surface area contributed by atoms with E-state index < -0.39 is 12.0 Å². The van der Waals surface area contributed by atoms with E-state index in [4.69, 9.17) is 9.15 Å². The Balaban J connectivity index is 1.40. The van der Waals surface area contributed by atoms with Gasteiger partial charge in [-0.15, -0.1) is 21.5 Å². The SMILES string of the molecule is CCNC(=O)N1[C@H]2CC[C@@H](C2)[C@H]1C(=O)OCc1nnc(-c2cccs2)o1. The van der Waals surface area contributed by atoms with Crippen LogP contribution < -0.4 is 5.32 Å². The quantitative estimate of drug-likeness (QED) is 0.805. The van der Waals surface area contributed by atoms with Crippen molar-refractivity contribution >= 4 is 23.3 Å². The first-order chi connectivity index (χ1) is 12.7. The lowest BCUT2D eigenvalue weighted by atomic mass is 9.99. The third kappa shape index (κ3) is 3.07. The molecule has 26 heavy (non-hydrogen) atoms. The van der Waals surface area contributed by atoms with E-state index in [1.54, 1.807) is 4.90 Å². The van der Waals surface area contributed by atoms with Gasteiger partial charge in [0.15, 0.2) is 6.61 Å². The number of esters is 1. The number of nitrogens with one attached hydrogen (secondary N) is 1. The van der Waals surface area contributed by atoms with Gasteiger partial charge in [0.2, 0.25) is 0 Å². The van der Waals surface area contributed by atoms with Crippen LogP contribution in [0.15, 0.2) is 21.9 Å². The highest BCUT2D eigenvalue weighted by Crippen LogP contribution is 2.42. The van der Waals surface area contributed by atoms with Crippen LogP contribution in [0.25, 0.3) is 10.8 Å². The number of likely N-dealkylation sites (tertiary alicyclic amines) is 1. The molecular weight excluding hydrogens is 356 g/mol. The summed E-state index contributed by atoms with van der Waals surface area (Å²) in [5.41, 5.74) is 0. The van der Waals surface area contributed by atoms with Crippen LogP contribution >= 0.6 is 11.3 Å². The number of carbonyl (C=O) groups excluding carboxylic acids is 2. The summed E-state index contributed by atoms with van der Waals surface area (Å²) >= 11 is 1.50. The van der Waals surface area contributed by atoms with Crippen LogP contribution in [0.2, 0.25) is 0 Å². The number of piperidine rings is 1. The Labute approximate surface area is 154 Å². The maximum atomic E-state index is 12.6. The minimum atomic E-state index is -0.528. The second-order valence-electron chi connectivity index (χ2n) is 6.50. The smallest absolute Gasteiger partial charge is 0.329 e. The van der Waals surface area contributed by atoms with Crippen LogP contribution in [0.1, 0.15) is 32.1 Å². The first-order valence-electron chi connectivity index (χ1n) is 8.76. The van der Waals surface area contributed by atoms with Crippen LogP contribution in [-0.2, 0) is 16.1 Å². The number of urea groups is 1. The van der Waals surface area contributed by atoms with Gasteiger partial charge in [0, 0.05) is 12.6 Å². The standard InChI is InChI=1S/C17H20N4O4S/c1-2-18-17(23)21-11-6-5-10(8-11)14(21)16(22)24-9-13-19-20-15(25-13)12-4-3-7-26-12/h3-4,7,10-11,14H,2,5-6,8-9H2,1H3,(H,18,23)/t10-,11-,14-/m0/s1. The third-order valence-electron chi connectivity index (χ3n) is 4.93. The molecule has 3 heterocycles. The van der Waals surface area contributed by atoms with Crippen molar-refractivity contribution in [2.75, 3.05) is 6.54 Å². The van der Waals surface area contributed by atoms with E-state index in [1.807, 2.05) is 24.4 Å². The molecular formula is C17H20N4O4S. The number of aromatic nitrogens is 2. The van der Waals surface area contributed by atoms with Crippen molar-refractivity contribution in [3.8, 4) is 10.8 Å². The van der Waals surface area contributed by atoms with Gasteiger partial charge in [0.05, 0.1) is 4.88 Å². The fourth-order valence-electron chi connectivity index (χ4n) is 3.86. The van der Waals surface area contributed by atoms with Crippen molar-refractivity contribution in [1.82, 2.24) is 20.4 Å². The van der Waals surface area contributed by atoms with Gasteiger partial charge in [0.1, 0.15) is 6.04 Å². The normalized spacial score (nSPS) is 24.0. The summed E-state index contributed by atoms with van der Waals surface area (Å²) in [7, 11) is 0. The number of fused-ring (bicyclic) bond motifs is 2. The summed E-state index contributed by atoms with van der Waals surface area (Å²) in [4.78, 5) is 27.5. The number of hydrogen-bond acceptors (Lipinski definition) is 7. The lowest BCUT2D eigenvalue weighted by Gasteiger charge is -2.33. The average Bonchev–Trinajstić information content (AvgIpc) is 3.43. The number of rotatable bonds is 5. The van der Waals surface area contributed by atoms with E-state index in [1.165, 1.54) is 11.3 Å². The minimum Gasteiger partial charge on any atom is -0.454 e. The predicted octanol–water partition coefficient (Wildman–Crippen LogP) is 2.42. The number of nitrogens with zero attached hydrogens (tertiary/aromatic N) is 3. The Kier molecular flexibility index (Phi) is 4.62. The molecule has 1 N–H and O–H groups in total. The molecule has 2 aromatic rings. The summed E-state index contributed by atoms with van der Waals surface area (Å²) in [6.07, 6.45) is 2.75. The fourth-order valence-corrected chi connectivity index (χ4v) is 4.50. The molecule has 1 saturated carbocycles. The van der Waals surface area contributed by atoms with Gasteiger partial charge >= 0.3 is 12.0 Å². The molecule has 2 amide bonds. The number of thiophene rings is 1. The summed E-state index contributed by atoms with van der Waals surface area (Å²) in [5.74, 6) is 0.420. The highest BCUT2D eigenvalue weighted by Gasteiger charge is 2.52. The molecule has 2 bridgehead atoms. The molecule has 2 aliphatic rings. The van der Waals surface area contributed by atoms with E-state index in [-0.39, 0.29) is 30.5 Å². The Morgan fingerprint density at radius 1 is 1.42 bits per heavy atom. The molecule has 1 aliphatic heterocycles. The summed E-state index contributed by atoms with van der Waals surface area (Å²) in [5, 5.41) is 12.6. The van der Waals surface area contributed by atoms with E-state index in [0.717, 1.165) is 24.1 Å². The summed E-state index contributed by atoms with van der Waals surface area (Å²) in [6.45, 7) is 2.30. The Hall–Kier alpha value is -2.42. The highest BCUT2D eigenvalue weighted by atomic mass is 32.1. The Bertz CT molecular complexity index is 791. The maximum Gasteiger partial charge on any atom is 0.329 e. The van der Waals surface area contributed by atoms with Crippen molar-refractivity contribution < 1.29 is 18.7 Å². The average molecular weight is 376 g/mol. The Morgan fingerprint density at radius 3 is 3.08 bits per heavy atom. The molecule has 2 aromatic heterocycles. The molecule has 0 spiro atoms. The van der Waals surface area contributed by atoms with Crippen LogP contribution in [0.5, 0.6) is 0 Å². The molecule has 138 valence electrons. The van der Waals surface area contributed by atoms with E-state index >= 15 is 0 Å². The van der Waals surface area contributed by atoms with Gasteiger partial charge in [0.25, 0.3) is 11.8 Å². The van der Waals surface area contributed by atoms with Crippen LogP contribution in [-0.4, -0.2) is 45.7 Å². The Morgan fingerprint density at radius 2 is 2.31 bits per heavy atom. The topological polar surface area (TPSA) is 97.6 Å². The zero-order valence-corrected chi connectivity index (χ0v) is 15.2. The third-order valence-corrected chi connectivity index (χ3v) is 5.78. The van der Waals surface area contributed by atoms with E-state index in [2.05, 4.69) is 15.5 Å². The van der Waals surface area contributed by atoms with Gasteiger partial charge in [-0.2, -0.15) is 0 Å². The van der Waals surface area contributed by atoms with Gasteiger partial charge in [-0.25, -0.2) is 9.59 Å². The van der Waals surface area contributed by atoms with E-state index in [0.29, 0.717) is 12.4 Å². The largest absolute Gasteiger partial charge is 0.454 e. The molecule has 9 heteroatoms. The van der Waals surface area contributed by atoms with Gasteiger partial charge < -0.3 is 19.4 Å². The van der Waals surface area contributed by atoms with Gasteiger partial charge in [-0.1, -0.05) is 6.07 Å². The zero-order chi connectivity index (χ0) is 18.1. The number of amides is 2. The monoisotopic (exact) mass is 376 g/mol. The molecule has 0 radical (unpaired) electrons. The highest BCUT2D eigenvalue weighted by molar-refractivity contribution is 7.13. The maximum absolute atomic E-state index is 12.6. The zero-order valence-electron chi connectivity index (χ0n) is 14.4. The second-order valence-corrected chi connectivity index (χ2v) is 7.45. The molecule has 0 unspecified atom stereocenters. The number of carbonyl (C=O) groups is 2. The predicted molar refractivity (Wildman–Crippen MR) is 93.2 cm³/mol. The lowest BCUT2D eigenvalue weighted by molar-refractivity contribution is -0.152. The first-order valence-corrected chi connectivity index (χ1v) is 9.64. The van der Waals surface area contributed by atoms with Crippen molar-refractivity contribution in [2.24, 2.45) is 5.92 Å². The van der Waals surface area contributed by atoms with Crippen molar-refractivity contribution in [2.45, 2.75) is 44.9 Å². The molecule has 1 aliphatic carbocycles. The summed E-state index contributed by atoms with van der Waals surface area (Å²) in [6, 6.07) is 3.18. The fraction of sp³-hybridized carbons (Fsp3) is 0.529. The van der Waals surface area contributed by atoms with Crippen LogP contribution in [0, 0.1) is 5.92 Å². The van der Waals surface area contributed by atoms with Crippen molar-refractivity contribution in [1.29, 1.82) is 0 Å². The van der Waals surface area contributed by atoms with E-state index in [9.17, 15) is 9.59 Å². The molecule has 2 fully saturated rings. The van der Waals surface area contributed by atoms with Crippen molar-refractivity contribution in [3.63, 3.8) is 0 Å². The molecule has 4 rings (SSSR count). The first kappa shape index (κ1) is 17.0. The van der Waals surface area contributed by atoms with Crippen molar-refractivity contribution in [3.05, 3.63) is 23.4 Å². The van der Waals surface area contributed by atoms with Gasteiger partial charge in [-0.3, -0.25) is 0 Å². The number of hydrogen-bond donors (Lipinski definition) is 1. The summed E-state index contributed by atoms with van der Waals surface area (Å²) < 4.78 is 10.9. The second kappa shape index (κ2) is 7.06. The van der Waals surface area contributed by atoms with Crippen LogP contribution in [0.3, 0.4) is 0 Å². The molecule has 0 aromatic carbocycles. The number of ether oxygens (including phenoxy) is 1. The minimum absolute atomic E-state index is 0.0890.